The molecule has 1 N–H and O–H groups in total. The molecule has 0 aliphatic heterocycles. The van der Waals surface area contributed by atoms with Crippen molar-refractivity contribution in [3.05, 3.63) is 34.9 Å². The molecule has 104 valence electrons. The SMILES string of the molecule is CC(NS(=O)(=O)N(C)CCC#N)c1ccc(Cl)cc1. The van der Waals surface area contributed by atoms with Crippen LogP contribution in [-0.2, 0) is 10.2 Å². The third kappa shape index (κ3) is 4.80. The Morgan fingerprint density at radius 3 is 2.53 bits per heavy atom. The van der Waals surface area contributed by atoms with E-state index in [2.05, 4.69) is 4.72 Å². The van der Waals surface area contributed by atoms with Gasteiger partial charge in [-0.3, -0.25) is 0 Å². The normalized spacial score (nSPS) is 13.2. The maximum atomic E-state index is 12.0. The number of hydrogen-bond donors (Lipinski definition) is 1. The van der Waals surface area contributed by atoms with E-state index in [1.165, 1.54) is 7.05 Å². The standard InChI is InChI=1S/C12H16ClN3O2S/c1-10(11-4-6-12(13)7-5-11)15-19(17,18)16(2)9-3-8-14/h4-7,10,15H,3,9H2,1-2H3. The number of nitrogens with one attached hydrogen (secondary N) is 1. The van der Waals surface area contributed by atoms with Gasteiger partial charge in [-0.05, 0) is 24.6 Å². The van der Waals surface area contributed by atoms with E-state index < -0.39 is 10.2 Å². The van der Waals surface area contributed by atoms with E-state index in [0.29, 0.717) is 5.02 Å². The monoisotopic (exact) mass is 301 g/mol. The van der Waals surface area contributed by atoms with Crippen molar-refractivity contribution in [3.8, 4) is 6.07 Å². The van der Waals surface area contributed by atoms with E-state index in [0.717, 1.165) is 9.87 Å². The Morgan fingerprint density at radius 1 is 1.42 bits per heavy atom. The van der Waals surface area contributed by atoms with Crippen LogP contribution in [-0.4, -0.2) is 26.3 Å². The van der Waals surface area contributed by atoms with E-state index in [4.69, 9.17) is 16.9 Å². The summed E-state index contributed by atoms with van der Waals surface area (Å²) in [6.45, 7) is 1.91. The van der Waals surface area contributed by atoms with Crippen molar-refractivity contribution in [2.24, 2.45) is 0 Å². The lowest BCUT2D eigenvalue weighted by Crippen LogP contribution is -2.39. The molecule has 5 nitrogen and oxygen atoms in total. The minimum absolute atomic E-state index is 0.159. The molecule has 0 amide bonds. The zero-order valence-corrected chi connectivity index (χ0v) is 12.4. The fraction of sp³-hybridized carbons (Fsp3) is 0.417. The molecule has 0 aliphatic carbocycles. The van der Waals surface area contributed by atoms with Gasteiger partial charge in [0, 0.05) is 31.1 Å². The van der Waals surface area contributed by atoms with Crippen LogP contribution in [0.1, 0.15) is 24.9 Å². The minimum atomic E-state index is -3.59. The first-order chi connectivity index (χ1) is 8.86. The number of hydrogen-bond acceptors (Lipinski definition) is 3. The average molecular weight is 302 g/mol. The van der Waals surface area contributed by atoms with Crippen LogP contribution in [0.3, 0.4) is 0 Å². The predicted molar refractivity (Wildman–Crippen MR) is 74.8 cm³/mol. The van der Waals surface area contributed by atoms with Gasteiger partial charge in [-0.2, -0.15) is 22.7 Å². The van der Waals surface area contributed by atoms with Gasteiger partial charge in [0.05, 0.1) is 6.07 Å². The zero-order valence-electron chi connectivity index (χ0n) is 10.8. The maximum Gasteiger partial charge on any atom is 0.279 e. The average Bonchev–Trinajstić information content (AvgIpc) is 2.36. The number of benzene rings is 1. The highest BCUT2D eigenvalue weighted by molar-refractivity contribution is 7.87. The molecule has 0 fully saturated rings. The molecule has 0 radical (unpaired) electrons. The lowest BCUT2D eigenvalue weighted by molar-refractivity contribution is 0.456. The molecule has 19 heavy (non-hydrogen) atoms. The van der Waals surface area contributed by atoms with Crippen LogP contribution in [0.15, 0.2) is 24.3 Å². The molecule has 0 aliphatic rings. The van der Waals surface area contributed by atoms with E-state index in [1.54, 1.807) is 31.2 Å². The molecule has 0 aromatic heterocycles. The van der Waals surface area contributed by atoms with Crippen molar-refractivity contribution in [1.29, 1.82) is 5.26 Å². The Kier molecular flexibility index (Phi) is 5.76. The largest absolute Gasteiger partial charge is 0.279 e. The van der Waals surface area contributed by atoms with Gasteiger partial charge in [-0.1, -0.05) is 23.7 Å². The van der Waals surface area contributed by atoms with Gasteiger partial charge in [-0.15, -0.1) is 0 Å². The highest BCUT2D eigenvalue weighted by atomic mass is 35.5. The number of rotatable bonds is 6. The Hall–Kier alpha value is -1.13. The lowest BCUT2D eigenvalue weighted by Gasteiger charge is -2.20. The lowest BCUT2D eigenvalue weighted by atomic mass is 10.1. The van der Waals surface area contributed by atoms with Gasteiger partial charge < -0.3 is 0 Å². The van der Waals surface area contributed by atoms with E-state index in [1.807, 2.05) is 6.07 Å². The van der Waals surface area contributed by atoms with E-state index >= 15 is 0 Å². The fourth-order valence-electron chi connectivity index (χ4n) is 1.46. The highest BCUT2D eigenvalue weighted by Gasteiger charge is 2.20. The van der Waals surface area contributed by atoms with Gasteiger partial charge in [0.2, 0.25) is 0 Å². The van der Waals surface area contributed by atoms with Crippen molar-refractivity contribution in [1.82, 2.24) is 9.03 Å². The second-order valence-electron chi connectivity index (χ2n) is 4.13. The predicted octanol–water partition coefficient (Wildman–Crippen LogP) is 2.08. The molecule has 1 rings (SSSR count). The molecular weight excluding hydrogens is 286 g/mol. The summed E-state index contributed by atoms with van der Waals surface area (Å²) in [5, 5.41) is 9.06. The van der Waals surface area contributed by atoms with Gasteiger partial charge in [0.25, 0.3) is 10.2 Å². The Morgan fingerprint density at radius 2 is 2.00 bits per heavy atom. The van der Waals surface area contributed by atoms with Crippen molar-refractivity contribution in [2.75, 3.05) is 13.6 Å². The van der Waals surface area contributed by atoms with Crippen molar-refractivity contribution < 1.29 is 8.42 Å². The molecule has 1 aromatic carbocycles. The molecule has 1 aromatic rings. The zero-order chi connectivity index (χ0) is 14.5. The molecule has 1 atom stereocenters. The first-order valence-electron chi connectivity index (χ1n) is 5.73. The van der Waals surface area contributed by atoms with Gasteiger partial charge in [0.1, 0.15) is 0 Å². The summed E-state index contributed by atoms with van der Waals surface area (Å²) in [6, 6.07) is 8.50. The summed E-state index contributed by atoms with van der Waals surface area (Å²) < 4.78 is 27.6. The second kappa shape index (κ2) is 6.87. The van der Waals surface area contributed by atoms with Crippen molar-refractivity contribution in [2.45, 2.75) is 19.4 Å². The minimum Gasteiger partial charge on any atom is -0.198 e. The number of halogens is 1. The number of nitriles is 1. The van der Waals surface area contributed by atoms with Crippen LogP contribution in [0.25, 0.3) is 0 Å². The molecule has 7 heteroatoms. The molecule has 1 unspecified atom stereocenters. The third-order valence-electron chi connectivity index (χ3n) is 2.64. The van der Waals surface area contributed by atoms with Crippen LogP contribution in [0.4, 0.5) is 0 Å². The van der Waals surface area contributed by atoms with Crippen LogP contribution >= 0.6 is 11.6 Å². The second-order valence-corrected chi connectivity index (χ2v) is 6.37. The molecule has 0 heterocycles. The van der Waals surface area contributed by atoms with Crippen LogP contribution < -0.4 is 4.72 Å². The smallest absolute Gasteiger partial charge is 0.198 e. The molecule has 0 saturated carbocycles. The summed E-state index contributed by atoms with van der Waals surface area (Å²) in [5.41, 5.74) is 0.821. The quantitative estimate of drug-likeness (QED) is 0.874. The summed E-state index contributed by atoms with van der Waals surface area (Å²) >= 11 is 5.78. The summed E-state index contributed by atoms with van der Waals surface area (Å²) in [7, 11) is -2.15. The summed E-state index contributed by atoms with van der Waals surface area (Å²) in [5.74, 6) is 0. The molecule has 0 saturated heterocycles. The molecular formula is C12H16ClN3O2S. The van der Waals surface area contributed by atoms with Crippen molar-refractivity contribution >= 4 is 21.8 Å². The Balaban J connectivity index is 2.72. The van der Waals surface area contributed by atoms with E-state index in [-0.39, 0.29) is 19.0 Å². The maximum absolute atomic E-state index is 12.0. The topological polar surface area (TPSA) is 73.2 Å². The highest BCUT2D eigenvalue weighted by Crippen LogP contribution is 2.17. The summed E-state index contributed by atoms with van der Waals surface area (Å²) in [6.07, 6.45) is 0.159. The Bertz CT molecular complexity index is 551. The fourth-order valence-corrected chi connectivity index (χ4v) is 2.68. The molecule has 0 bridgehead atoms. The first-order valence-corrected chi connectivity index (χ1v) is 7.54. The van der Waals surface area contributed by atoms with Gasteiger partial charge in [-0.25, -0.2) is 0 Å². The first kappa shape index (κ1) is 15.9. The summed E-state index contributed by atoms with van der Waals surface area (Å²) in [4.78, 5) is 0. The number of nitrogens with zero attached hydrogens (tertiary/aromatic N) is 2. The van der Waals surface area contributed by atoms with Crippen LogP contribution in [0.5, 0.6) is 0 Å². The van der Waals surface area contributed by atoms with Gasteiger partial charge >= 0.3 is 0 Å². The molecule has 0 spiro atoms. The van der Waals surface area contributed by atoms with Gasteiger partial charge in [0.15, 0.2) is 0 Å². The third-order valence-corrected chi connectivity index (χ3v) is 4.55. The Labute approximate surface area is 119 Å². The van der Waals surface area contributed by atoms with E-state index in [9.17, 15) is 8.42 Å². The van der Waals surface area contributed by atoms with Crippen LogP contribution in [0, 0.1) is 11.3 Å². The van der Waals surface area contributed by atoms with Crippen molar-refractivity contribution in [3.63, 3.8) is 0 Å². The van der Waals surface area contributed by atoms with Crippen LogP contribution in [0.2, 0.25) is 5.02 Å².